The van der Waals surface area contributed by atoms with Gasteiger partial charge in [0.05, 0.1) is 5.92 Å². The highest BCUT2D eigenvalue weighted by Crippen LogP contribution is 2.30. The fourth-order valence-corrected chi connectivity index (χ4v) is 1.88. The first-order chi connectivity index (χ1) is 10.1. The number of benzene rings is 1. The SMILES string of the molecule is CC(=NOC(=O)C1CC1)c1cc(-c2ccc(Cl)cc2)no1. The van der Waals surface area contributed by atoms with Crippen molar-refractivity contribution in [1.82, 2.24) is 5.16 Å². The first-order valence-corrected chi connectivity index (χ1v) is 7.00. The number of hydrogen-bond acceptors (Lipinski definition) is 5. The van der Waals surface area contributed by atoms with E-state index in [4.69, 9.17) is 21.0 Å². The van der Waals surface area contributed by atoms with Crippen LogP contribution in [0.1, 0.15) is 25.5 Å². The Morgan fingerprint density at radius 1 is 1.38 bits per heavy atom. The lowest BCUT2D eigenvalue weighted by Gasteiger charge is -1.96. The van der Waals surface area contributed by atoms with E-state index in [-0.39, 0.29) is 11.9 Å². The Kier molecular flexibility index (Phi) is 3.75. The molecular formula is C15H13ClN2O3. The van der Waals surface area contributed by atoms with Crippen molar-refractivity contribution in [2.45, 2.75) is 19.8 Å². The summed E-state index contributed by atoms with van der Waals surface area (Å²) in [5, 5.41) is 8.42. The Hall–Kier alpha value is -2.14. The van der Waals surface area contributed by atoms with Gasteiger partial charge in [0.1, 0.15) is 11.4 Å². The molecule has 1 fully saturated rings. The molecule has 0 aliphatic heterocycles. The monoisotopic (exact) mass is 304 g/mol. The normalized spacial score (nSPS) is 15.0. The van der Waals surface area contributed by atoms with E-state index in [1.54, 1.807) is 25.1 Å². The summed E-state index contributed by atoms with van der Waals surface area (Å²) in [4.78, 5) is 16.3. The minimum absolute atomic E-state index is 0.0147. The fourth-order valence-electron chi connectivity index (χ4n) is 1.75. The van der Waals surface area contributed by atoms with Gasteiger partial charge in [0.15, 0.2) is 5.76 Å². The van der Waals surface area contributed by atoms with Crippen molar-refractivity contribution in [3.63, 3.8) is 0 Å². The second-order valence-corrected chi connectivity index (χ2v) is 5.38. The molecule has 1 aromatic heterocycles. The number of nitrogens with zero attached hydrogens (tertiary/aromatic N) is 2. The topological polar surface area (TPSA) is 64.7 Å². The van der Waals surface area contributed by atoms with Gasteiger partial charge in [0.2, 0.25) is 0 Å². The molecule has 1 aliphatic carbocycles. The van der Waals surface area contributed by atoms with Crippen LogP contribution in [0.4, 0.5) is 0 Å². The minimum Gasteiger partial charge on any atom is -0.354 e. The van der Waals surface area contributed by atoms with Crippen LogP contribution < -0.4 is 0 Å². The molecule has 0 saturated heterocycles. The number of carbonyl (C=O) groups excluding carboxylic acids is 1. The van der Waals surface area contributed by atoms with Crippen molar-refractivity contribution in [1.29, 1.82) is 0 Å². The van der Waals surface area contributed by atoms with Gasteiger partial charge in [-0.25, -0.2) is 4.79 Å². The second kappa shape index (κ2) is 5.69. The lowest BCUT2D eigenvalue weighted by atomic mass is 10.1. The lowest BCUT2D eigenvalue weighted by Crippen LogP contribution is -2.04. The molecule has 0 N–H and O–H groups in total. The maximum Gasteiger partial charge on any atom is 0.338 e. The zero-order valence-electron chi connectivity index (χ0n) is 11.4. The van der Waals surface area contributed by atoms with Gasteiger partial charge in [-0.3, -0.25) is 0 Å². The van der Waals surface area contributed by atoms with Crippen molar-refractivity contribution < 1.29 is 14.2 Å². The number of halogens is 1. The third-order valence-electron chi connectivity index (χ3n) is 3.19. The Morgan fingerprint density at radius 2 is 2.10 bits per heavy atom. The summed E-state index contributed by atoms with van der Waals surface area (Å²) in [5.41, 5.74) is 2.03. The third-order valence-corrected chi connectivity index (χ3v) is 3.44. The molecule has 0 bridgehead atoms. The molecule has 0 radical (unpaired) electrons. The lowest BCUT2D eigenvalue weighted by molar-refractivity contribution is -0.145. The largest absolute Gasteiger partial charge is 0.354 e. The molecule has 0 spiro atoms. The zero-order chi connectivity index (χ0) is 14.8. The van der Waals surface area contributed by atoms with Gasteiger partial charge in [0.25, 0.3) is 0 Å². The summed E-state index contributed by atoms with van der Waals surface area (Å²) >= 11 is 5.84. The summed E-state index contributed by atoms with van der Waals surface area (Å²) in [6.07, 6.45) is 1.77. The van der Waals surface area contributed by atoms with Crippen LogP contribution in [-0.2, 0) is 9.63 Å². The third kappa shape index (κ3) is 3.31. The average molecular weight is 305 g/mol. The predicted octanol–water partition coefficient (Wildman–Crippen LogP) is 3.67. The predicted molar refractivity (Wildman–Crippen MR) is 78.0 cm³/mol. The molecule has 2 aromatic rings. The van der Waals surface area contributed by atoms with Gasteiger partial charge in [-0.15, -0.1) is 0 Å². The van der Waals surface area contributed by atoms with E-state index < -0.39 is 0 Å². The molecule has 5 nitrogen and oxygen atoms in total. The van der Waals surface area contributed by atoms with E-state index >= 15 is 0 Å². The quantitative estimate of drug-likeness (QED) is 0.491. The Morgan fingerprint density at radius 3 is 2.76 bits per heavy atom. The molecule has 1 aromatic carbocycles. The van der Waals surface area contributed by atoms with E-state index in [1.807, 2.05) is 12.1 Å². The van der Waals surface area contributed by atoms with Crippen LogP contribution in [0.2, 0.25) is 5.02 Å². The maximum atomic E-state index is 11.4. The number of carbonyl (C=O) groups is 1. The Bertz CT molecular complexity index is 687. The molecular weight excluding hydrogens is 292 g/mol. The first-order valence-electron chi connectivity index (χ1n) is 6.62. The summed E-state index contributed by atoms with van der Waals surface area (Å²) in [5.74, 6) is 0.191. The molecule has 1 aliphatic rings. The molecule has 3 rings (SSSR count). The summed E-state index contributed by atoms with van der Waals surface area (Å²) in [7, 11) is 0. The number of rotatable bonds is 4. The van der Waals surface area contributed by atoms with Crippen LogP contribution in [-0.4, -0.2) is 16.8 Å². The summed E-state index contributed by atoms with van der Waals surface area (Å²) in [6.45, 7) is 1.70. The van der Waals surface area contributed by atoms with Crippen LogP contribution in [0.25, 0.3) is 11.3 Å². The minimum atomic E-state index is -0.285. The molecule has 1 heterocycles. The highest BCUT2D eigenvalue weighted by molar-refractivity contribution is 6.30. The highest BCUT2D eigenvalue weighted by atomic mass is 35.5. The van der Waals surface area contributed by atoms with E-state index in [2.05, 4.69) is 10.3 Å². The smallest absolute Gasteiger partial charge is 0.338 e. The van der Waals surface area contributed by atoms with Gasteiger partial charge >= 0.3 is 5.97 Å². The molecule has 108 valence electrons. The second-order valence-electron chi connectivity index (χ2n) is 4.94. The maximum absolute atomic E-state index is 11.4. The van der Waals surface area contributed by atoms with Crippen molar-refractivity contribution in [3.05, 3.63) is 41.1 Å². The molecule has 0 atom stereocenters. The average Bonchev–Trinajstić information content (AvgIpc) is 3.23. The van der Waals surface area contributed by atoms with Crippen LogP contribution in [0, 0.1) is 5.92 Å². The molecule has 6 heteroatoms. The van der Waals surface area contributed by atoms with Crippen LogP contribution in [0.3, 0.4) is 0 Å². The zero-order valence-corrected chi connectivity index (χ0v) is 12.1. The first kappa shape index (κ1) is 13.8. The van der Waals surface area contributed by atoms with Gasteiger partial charge < -0.3 is 9.36 Å². The van der Waals surface area contributed by atoms with Crippen LogP contribution >= 0.6 is 11.6 Å². The van der Waals surface area contributed by atoms with E-state index in [1.165, 1.54) is 0 Å². The molecule has 1 saturated carbocycles. The van der Waals surface area contributed by atoms with Gasteiger partial charge in [0, 0.05) is 16.7 Å². The fraction of sp³-hybridized carbons (Fsp3) is 0.267. The number of hydrogen-bond donors (Lipinski definition) is 0. The molecule has 0 unspecified atom stereocenters. The van der Waals surface area contributed by atoms with Crippen molar-refractivity contribution in [3.8, 4) is 11.3 Å². The van der Waals surface area contributed by atoms with Crippen molar-refractivity contribution in [2.24, 2.45) is 11.1 Å². The molecule has 21 heavy (non-hydrogen) atoms. The van der Waals surface area contributed by atoms with E-state index in [0.29, 0.717) is 22.2 Å². The summed E-state index contributed by atoms with van der Waals surface area (Å²) in [6, 6.07) is 9.01. The van der Waals surface area contributed by atoms with Crippen LogP contribution in [0.5, 0.6) is 0 Å². The Balaban J connectivity index is 1.72. The standard InChI is InChI=1S/C15H13ClN2O3/c1-9(17-21-15(19)11-2-3-11)14-8-13(18-20-14)10-4-6-12(16)7-5-10/h4-8,11H,2-3H2,1H3. The highest BCUT2D eigenvalue weighted by Gasteiger charge is 2.31. The summed E-state index contributed by atoms with van der Waals surface area (Å²) < 4.78 is 5.21. The van der Waals surface area contributed by atoms with Crippen molar-refractivity contribution in [2.75, 3.05) is 0 Å². The number of oxime groups is 1. The van der Waals surface area contributed by atoms with Gasteiger partial charge in [-0.1, -0.05) is 34.0 Å². The van der Waals surface area contributed by atoms with Crippen molar-refractivity contribution >= 4 is 23.3 Å². The van der Waals surface area contributed by atoms with Gasteiger partial charge in [-0.2, -0.15) is 0 Å². The van der Waals surface area contributed by atoms with Gasteiger partial charge in [-0.05, 0) is 31.9 Å². The van der Waals surface area contributed by atoms with E-state index in [0.717, 1.165) is 18.4 Å². The number of aromatic nitrogens is 1. The molecule has 0 amide bonds. The Labute approximate surface area is 126 Å². The van der Waals surface area contributed by atoms with Crippen LogP contribution in [0.15, 0.2) is 40.0 Å². The van der Waals surface area contributed by atoms with E-state index in [9.17, 15) is 4.79 Å².